The normalized spacial score (nSPS) is 12.8. The van der Waals surface area contributed by atoms with Gasteiger partial charge in [0.15, 0.2) is 0 Å². The molecule has 2 aromatic carbocycles. The minimum Gasteiger partial charge on any atom is -0.497 e. The average molecular weight is 267 g/mol. The molecule has 20 heavy (non-hydrogen) atoms. The van der Waals surface area contributed by atoms with Crippen molar-refractivity contribution >= 4 is 11.6 Å². The summed E-state index contributed by atoms with van der Waals surface area (Å²) in [5.74, 6) is 0.657. The minimum absolute atomic E-state index is 0.0920. The Morgan fingerprint density at radius 2 is 1.80 bits per heavy atom. The number of rotatable bonds is 3. The van der Waals surface area contributed by atoms with E-state index in [2.05, 4.69) is 17.4 Å². The maximum absolute atomic E-state index is 12.2. The molecule has 1 aliphatic carbocycles. The maximum atomic E-state index is 12.2. The van der Waals surface area contributed by atoms with Gasteiger partial charge in [0.05, 0.1) is 7.11 Å². The quantitative estimate of drug-likeness (QED) is 0.925. The molecule has 0 bridgehead atoms. The molecule has 0 spiro atoms. The van der Waals surface area contributed by atoms with Crippen molar-refractivity contribution < 1.29 is 9.53 Å². The fourth-order valence-electron chi connectivity index (χ4n) is 2.60. The van der Waals surface area contributed by atoms with Gasteiger partial charge in [-0.1, -0.05) is 6.07 Å². The molecule has 3 heteroatoms. The molecule has 0 aromatic heterocycles. The second kappa shape index (κ2) is 5.37. The Hall–Kier alpha value is -2.29. The van der Waals surface area contributed by atoms with E-state index >= 15 is 0 Å². The first kappa shape index (κ1) is 12.7. The van der Waals surface area contributed by atoms with Crippen LogP contribution in [0.4, 0.5) is 5.69 Å². The summed E-state index contributed by atoms with van der Waals surface area (Å²) >= 11 is 0. The molecule has 1 amide bonds. The van der Waals surface area contributed by atoms with Crippen molar-refractivity contribution in [3.05, 3.63) is 59.2 Å². The smallest absolute Gasteiger partial charge is 0.255 e. The van der Waals surface area contributed by atoms with E-state index in [0.717, 1.165) is 24.3 Å². The van der Waals surface area contributed by atoms with Crippen molar-refractivity contribution in [2.45, 2.75) is 19.3 Å². The van der Waals surface area contributed by atoms with Crippen molar-refractivity contribution in [1.29, 1.82) is 0 Å². The Morgan fingerprint density at radius 3 is 2.55 bits per heavy atom. The number of benzene rings is 2. The number of hydrogen-bond acceptors (Lipinski definition) is 2. The molecule has 0 heterocycles. The molecule has 0 radical (unpaired) electrons. The lowest BCUT2D eigenvalue weighted by Crippen LogP contribution is -2.11. The van der Waals surface area contributed by atoms with E-state index in [1.807, 2.05) is 6.07 Å². The van der Waals surface area contributed by atoms with E-state index < -0.39 is 0 Å². The lowest BCUT2D eigenvalue weighted by molar-refractivity contribution is 0.102. The van der Waals surface area contributed by atoms with Gasteiger partial charge in [-0.25, -0.2) is 0 Å². The van der Waals surface area contributed by atoms with E-state index in [9.17, 15) is 4.79 Å². The van der Waals surface area contributed by atoms with Gasteiger partial charge in [0.25, 0.3) is 5.91 Å². The molecule has 3 rings (SSSR count). The minimum atomic E-state index is -0.0920. The third-order valence-electron chi connectivity index (χ3n) is 3.71. The zero-order chi connectivity index (χ0) is 13.9. The van der Waals surface area contributed by atoms with Crippen molar-refractivity contribution in [2.24, 2.45) is 0 Å². The highest BCUT2D eigenvalue weighted by Gasteiger charge is 2.12. The Balaban J connectivity index is 1.75. The van der Waals surface area contributed by atoms with E-state index in [1.54, 1.807) is 31.4 Å². The number of nitrogens with one attached hydrogen (secondary N) is 1. The number of carbonyl (C=O) groups excluding carboxylic acids is 1. The van der Waals surface area contributed by atoms with Gasteiger partial charge in [-0.2, -0.15) is 0 Å². The van der Waals surface area contributed by atoms with Crippen LogP contribution in [-0.2, 0) is 12.8 Å². The highest BCUT2D eigenvalue weighted by atomic mass is 16.5. The highest BCUT2D eigenvalue weighted by Crippen LogP contribution is 2.25. The zero-order valence-electron chi connectivity index (χ0n) is 11.5. The molecule has 3 nitrogen and oxygen atoms in total. The van der Waals surface area contributed by atoms with E-state index in [0.29, 0.717) is 5.56 Å². The number of amides is 1. The Bertz CT molecular complexity index is 632. The zero-order valence-corrected chi connectivity index (χ0v) is 11.5. The predicted molar refractivity (Wildman–Crippen MR) is 79.4 cm³/mol. The summed E-state index contributed by atoms with van der Waals surface area (Å²) < 4.78 is 5.09. The van der Waals surface area contributed by atoms with E-state index in [4.69, 9.17) is 4.74 Å². The maximum Gasteiger partial charge on any atom is 0.255 e. The van der Waals surface area contributed by atoms with Crippen molar-refractivity contribution in [2.75, 3.05) is 12.4 Å². The molecular formula is C17H17NO2. The first-order valence-electron chi connectivity index (χ1n) is 6.83. The number of aryl methyl sites for hydroxylation is 2. The van der Waals surface area contributed by atoms with Crippen LogP contribution in [0.15, 0.2) is 42.5 Å². The van der Waals surface area contributed by atoms with Crippen LogP contribution in [-0.4, -0.2) is 13.0 Å². The number of anilines is 1. The van der Waals surface area contributed by atoms with Crippen LogP contribution in [0, 0.1) is 0 Å². The van der Waals surface area contributed by atoms with E-state index in [1.165, 1.54) is 17.5 Å². The van der Waals surface area contributed by atoms with Crippen LogP contribution in [0.1, 0.15) is 27.9 Å². The Kier molecular flexibility index (Phi) is 3.42. The fraction of sp³-hybridized carbons (Fsp3) is 0.235. The fourth-order valence-corrected chi connectivity index (χ4v) is 2.60. The van der Waals surface area contributed by atoms with Crippen molar-refractivity contribution in [3.63, 3.8) is 0 Å². The van der Waals surface area contributed by atoms with Crippen LogP contribution >= 0.6 is 0 Å². The van der Waals surface area contributed by atoms with Crippen LogP contribution in [0.5, 0.6) is 5.75 Å². The molecule has 1 aliphatic rings. The molecule has 0 fully saturated rings. The third-order valence-corrected chi connectivity index (χ3v) is 3.71. The summed E-state index contributed by atoms with van der Waals surface area (Å²) in [6, 6.07) is 13.3. The van der Waals surface area contributed by atoms with Gasteiger partial charge in [-0.15, -0.1) is 0 Å². The lowest BCUT2D eigenvalue weighted by Gasteiger charge is -2.08. The summed E-state index contributed by atoms with van der Waals surface area (Å²) in [6.45, 7) is 0. The molecule has 0 atom stereocenters. The summed E-state index contributed by atoms with van der Waals surface area (Å²) in [7, 11) is 1.61. The number of fused-ring (bicyclic) bond motifs is 1. The van der Waals surface area contributed by atoms with Crippen molar-refractivity contribution in [1.82, 2.24) is 0 Å². The summed E-state index contributed by atoms with van der Waals surface area (Å²) in [5, 5.41) is 2.95. The number of methoxy groups -OCH3 is 1. The highest BCUT2D eigenvalue weighted by molar-refractivity contribution is 6.04. The summed E-state index contributed by atoms with van der Waals surface area (Å²) in [6.07, 6.45) is 3.48. The van der Waals surface area contributed by atoms with Gasteiger partial charge >= 0.3 is 0 Å². The SMILES string of the molecule is COc1ccc(C(=O)Nc2ccc3c(c2)CCC3)cc1. The van der Waals surface area contributed by atoms with Gasteiger partial charge in [-0.3, -0.25) is 4.79 Å². The van der Waals surface area contributed by atoms with Gasteiger partial charge in [0, 0.05) is 11.3 Å². The number of ether oxygens (including phenoxy) is 1. The Labute approximate surface area is 118 Å². The molecule has 102 valence electrons. The van der Waals surface area contributed by atoms with Crippen LogP contribution in [0.3, 0.4) is 0 Å². The molecule has 2 aromatic rings. The summed E-state index contributed by atoms with van der Waals surface area (Å²) in [5.41, 5.74) is 4.27. The first-order valence-corrected chi connectivity index (χ1v) is 6.83. The molecule has 0 saturated carbocycles. The predicted octanol–water partition coefficient (Wildman–Crippen LogP) is 3.44. The van der Waals surface area contributed by atoms with Gasteiger partial charge in [0.2, 0.25) is 0 Å². The van der Waals surface area contributed by atoms with Crippen LogP contribution in [0.2, 0.25) is 0 Å². The Morgan fingerprint density at radius 1 is 1.05 bits per heavy atom. The van der Waals surface area contributed by atoms with Crippen LogP contribution < -0.4 is 10.1 Å². The van der Waals surface area contributed by atoms with Crippen molar-refractivity contribution in [3.8, 4) is 5.75 Å². The molecule has 0 aliphatic heterocycles. The molecule has 1 N–H and O–H groups in total. The van der Waals surface area contributed by atoms with Gasteiger partial charge in [0.1, 0.15) is 5.75 Å². The molecule has 0 unspecified atom stereocenters. The second-order valence-electron chi connectivity index (χ2n) is 5.02. The monoisotopic (exact) mass is 267 g/mol. The average Bonchev–Trinajstić information content (AvgIpc) is 2.95. The second-order valence-corrected chi connectivity index (χ2v) is 5.02. The molecular weight excluding hydrogens is 250 g/mol. The third kappa shape index (κ3) is 2.52. The molecule has 0 saturated heterocycles. The van der Waals surface area contributed by atoms with Crippen LogP contribution in [0.25, 0.3) is 0 Å². The number of carbonyl (C=O) groups is 1. The summed E-state index contributed by atoms with van der Waals surface area (Å²) in [4.78, 5) is 12.2. The van der Waals surface area contributed by atoms with Gasteiger partial charge < -0.3 is 10.1 Å². The topological polar surface area (TPSA) is 38.3 Å². The van der Waals surface area contributed by atoms with Gasteiger partial charge in [-0.05, 0) is 66.8 Å². The number of hydrogen-bond donors (Lipinski definition) is 1. The standard InChI is InChI=1S/C17H17NO2/c1-20-16-9-6-13(7-10-16)17(19)18-15-8-5-12-3-2-4-14(12)11-15/h5-11H,2-4H2,1H3,(H,18,19). The van der Waals surface area contributed by atoms with E-state index in [-0.39, 0.29) is 5.91 Å². The largest absolute Gasteiger partial charge is 0.497 e. The first-order chi connectivity index (χ1) is 9.76. The lowest BCUT2D eigenvalue weighted by atomic mass is 10.1.